The molecule has 0 N–H and O–H groups in total. The summed E-state index contributed by atoms with van der Waals surface area (Å²) < 4.78 is 0. The summed E-state index contributed by atoms with van der Waals surface area (Å²) >= 11 is 0. The molecule has 1 aromatic carbocycles. The third-order valence-corrected chi connectivity index (χ3v) is 1.14. The minimum Gasteiger partial charge on any atom is -1.00 e. The molecular formula is C7H9Cl4Zr-. The summed E-state index contributed by atoms with van der Waals surface area (Å²) in [7, 11) is 0. The van der Waals surface area contributed by atoms with E-state index in [1.165, 1.54) is 5.56 Å². The van der Waals surface area contributed by atoms with Crippen molar-refractivity contribution < 1.29 is 75.8 Å². The Labute approximate surface area is 118 Å². The zero-order valence-corrected chi connectivity index (χ0v) is 12.0. The Kier molecular flexibility index (Phi) is 44.4. The van der Waals surface area contributed by atoms with E-state index in [9.17, 15) is 0 Å². The van der Waals surface area contributed by atoms with Crippen molar-refractivity contribution in [3.05, 3.63) is 29.8 Å². The molecule has 0 amide bonds. The Morgan fingerprint density at radius 2 is 1.25 bits per heavy atom. The Bertz CT molecular complexity index is 130. The van der Waals surface area contributed by atoms with Crippen LogP contribution in [0.4, 0.5) is 0 Å². The zero-order chi connectivity index (χ0) is 5.11. The molecule has 0 unspecified atom stereocenters. The van der Waals surface area contributed by atoms with Gasteiger partial charge in [0.25, 0.3) is 0 Å². The van der Waals surface area contributed by atoms with Gasteiger partial charge in [-0.25, -0.2) is 12.1 Å². The van der Waals surface area contributed by atoms with Gasteiger partial charge in [-0.3, -0.25) is 0 Å². The first kappa shape index (κ1) is 29.2. The van der Waals surface area contributed by atoms with Crippen LogP contribution in [0.15, 0.2) is 24.3 Å². The molecule has 70 valence electrons. The molecule has 0 aliphatic heterocycles. The summed E-state index contributed by atoms with van der Waals surface area (Å²) in [5.41, 5.74) is 1.43. The molecule has 0 bridgehead atoms. The quantitative estimate of drug-likeness (QED) is 0.450. The Balaban J connectivity index is -0.0000000327. The van der Waals surface area contributed by atoms with Crippen LogP contribution in [-0.2, 0) is 32.6 Å². The van der Waals surface area contributed by atoms with Gasteiger partial charge in [0.1, 0.15) is 0 Å². The average molecular weight is 326 g/mol. The summed E-state index contributed by atoms with van der Waals surface area (Å²) in [4.78, 5) is 0. The van der Waals surface area contributed by atoms with Crippen LogP contribution in [0.2, 0.25) is 0 Å². The van der Waals surface area contributed by atoms with Gasteiger partial charge >= 0.3 is 26.2 Å². The van der Waals surface area contributed by atoms with Gasteiger partial charge in [0.2, 0.25) is 0 Å². The smallest absolute Gasteiger partial charge is 1.00 e. The van der Waals surface area contributed by atoms with Crippen molar-refractivity contribution in [2.24, 2.45) is 0 Å². The summed E-state index contributed by atoms with van der Waals surface area (Å²) in [6, 6.07) is 8.41. The second-order valence-electron chi connectivity index (χ2n) is 1.65. The molecule has 0 radical (unpaired) electrons. The normalized spacial score (nSPS) is 5.42. The Morgan fingerprint density at radius 3 is 1.42 bits per heavy atom. The first-order valence-electron chi connectivity index (χ1n) is 2.64. The summed E-state index contributed by atoms with van der Waals surface area (Å²) in [6.07, 6.45) is 1.16. The van der Waals surface area contributed by atoms with Crippen LogP contribution in [0.3, 0.4) is 0 Å². The summed E-state index contributed by atoms with van der Waals surface area (Å²) in [6.45, 7) is 2.16. The fourth-order valence-corrected chi connectivity index (χ4v) is 0.650. The van der Waals surface area contributed by atoms with Crippen LogP contribution in [0, 0.1) is 0 Å². The number of rotatable bonds is 1. The van der Waals surface area contributed by atoms with Gasteiger partial charge in [-0.1, -0.05) is 13.3 Å². The maximum absolute atomic E-state index is 2.16. The molecule has 0 atom stereocenters. The van der Waals surface area contributed by atoms with Crippen LogP contribution < -0.4 is 49.6 Å². The molecule has 0 fully saturated rings. The second kappa shape index (κ2) is 18.2. The molecule has 1 aromatic rings. The van der Waals surface area contributed by atoms with E-state index in [0.717, 1.165) is 6.42 Å². The van der Waals surface area contributed by atoms with Gasteiger partial charge in [0.05, 0.1) is 0 Å². The van der Waals surface area contributed by atoms with Crippen molar-refractivity contribution in [1.29, 1.82) is 0 Å². The predicted molar refractivity (Wildman–Crippen MR) is 31.4 cm³/mol. The van der Waals surface area contributed by atoms with Crippen LogP contribution in [-0.4, -0.2) is 0 Å². The van der Waals surface area contributed by atoms with Crippen LogP contribution in [0.1, 0.15) is 12.5 Å². The van der Waals surface area contributed by atoms with E-state index in [1.54, 1.807) is 0 Å². The predicted octanol–water partition coefficient (Wildman–Crippen LogP) is -10.0. The number of hydrogen-bond acceptors (Lipinski definition) is 0. The van der Waals surface area contributed by atoms with Crippen molar-refractivity contribution in [3.63, 3.8) is 0 Å². The molecule has 0 aliphatic rings. The molecule has 5 heteroatoms. The second-order valence-corrected chi connectivity index (χ2v) is 1.65. The van der Waals surface area contributed by atoms with E-state index < -0.39 is 0 Å². The van der Waals surface area contributed by atoms with Crippen LogP contribution in [0.5, 0.6) is 0 Å². The van der Waals surface area contributed by atoms with Gasteiger partial charge < -0.3 is 49.6 Å². The summed E-state index contributed by atoms with van der Waals surface area (Å²) in [5.74, 6) is 0. The Hall–Kier alpha value is 1.39. The summed E-state index contributed by atoms with van der Waals surface area (Å²) in [5, 5.41) is 0. The van der Waals surface area contributed by atoms with E-state index in [2.05, 4.69) is 31.2 Å². The van der Waals surface area contributed by atoms with Gasteiger partial charge in [-0.2, -0.15) is 17.7 Å². The monoisotopic (exact) mass is 323 g/mol. The van der Waals surface area contributed by atoms with Crippen LogP contribution >= 0.6 is 0 Å². The van der Waals surface area contributed by atoms with Crippen molar-refractivity contribution >= 4 is 0 Å². The molecule has 0 saturated heterocycles. The minimum absolute atomic E-state index is 0. The molecule has 0 aromatic heterocycles. The number of halogens is 4. The molecule has 1 rings (SSSR count). The minimum atomic E-state index is 0. The van der Waals surface area contributed by atoms with Crippen LogP contribution in [0.25, 0.3) is 0 Å². The van der Waals surface area contributed by atoms with E-state index in [-0.39, 0.29) is 75.8 Å². The first-order valence-corrected chi connectivity index (χ1v) is 2.64. The fraction of sp³-hybridized carbons (Fsp3) is 0.286. The largest absolute Gasteiger partial charge is 4.00 e. The molecule has 0 nitrogen and oxygen atoms in total. The molecular weight excluding hydrogens is 317 g/mol. The molecule has 0 saturated carbocycles. The van der Waals surface area contributed by atoms with Gasteiger partial charge in [-0.05, 0) is 0 Å². The number of aryl methyl sites for hydroxylation is 1. The third kappa shape index (κ3) is 11.4. The van der Waals surface area contributed by atoms with Gasteiger partial charge in [0, 0.05) is 0 Å². The van der Waals surface area contributed by atoms with E-state index in [0.29, 0.717) is 0 Å². The zero-order valence-electron chi connectivity index (χ0n) is 6.53. The van der Waals surface area contributed by atoms with Crippen molar-refractivity contribution in [2.75, 3.05) is 0 Å². The van der Waals surface area contributed by atoms with E-state index >= 15 is 0 Å². The van der Waals surface area contributed by atoms with Crippen molar-refractivity contribution in [2.45, 2.75) is 13.3 Å². The topological polar surface area (TPSA) is 0 Å². The SMILES string of the molecule is CC[c-]1cccc1.[Cl-].[Cl-].[Cl-].[Cl-].[Zr+4]. The average Bonchev–Trinajstić information content (AvgIpc) is 2.14. The number of hydrogen-bond donors (Lipinski definition) is 0. The Morgan fingerprint density at radius 1 is 0.917 bits per heavy atom. The van der Waals surface area contributed by atoms with Crippen molar-refractivity contribution in [3.8, 4) is 0 Å². The molecule has 0 heterocycles. The third-order valence-electron chi connectivity index (χ3n) is 1.14. The maximum Gasteiger partial charge on any atom is 4.00 e. The van der Waals surface area contributed by atoms with E-state index in [1.807, 2.05) is 0 Å². The standard InChI is InChI=1S/C7H9.4ClH.Zr/c1-2-7-5-3-4-6-7;;;;;/h3-6H,2H2,1H3;4*1H;/q-1;;;;;+4/p-4. The molecule has 0 spiro atoms. The van der Waals surface area contributed by atoms with Gasteiger partial charge in [0.15, 0.2) is 0 Å². The van der Waals surface area contributed by atoms with Gasteiger partial charge in [-0.15, -0.1) is 0 Å². The van der Waals surface area contributed by atoms with E-state index in [4.69, 9.17) is 0 Å². The maximum atomic E-state index is 2.16. The molecule has 0 aliphatic carbocycles. The van der Waals surface area contributed by atoms with Crippen molar-refractivity contribution in [1.82, 2.24) is 0 Å². The fourth-order valence-electron chi connectivity index (χ4n) is 0.650. The first-order chi connectivity index (χ1) is 3.43. The molecule has 12 heavy (non-hydrogen) atoms.